The zero-order chi connectivity index (χ0) is 15.9. The summed E-state index contributed by atoms with van der Waals surface area (Å²) in [5, 5.41) is 11.0. The molecule has 7 heteroatoms. The van der Waals surface area contributed by atoms with E-state index in [0.29, 0.717) is 11.9 Å². The van der Waals surface area contributed by atoms with Gasteiger partial charge < -0.3 is 4.52 Å². The number of amides is 1. The van der Waals surface area contributed by atoms with Crippen molar-refractivity contribution in [3.05, 3.63) is 29.2 Å². The summed E-state index contributed by atoms with van der Waals surface area (Å²) in [6.45, 7) is 9.42. The molecule has 3 heterocycles. The predicted octanol–water partition coefficient (Wildman–Crippen LogP) is 1.68. The van der Waals surface area contributed by atoms with Gasteiger partial charge in [-0.2, -0.15) is 5.10 Å². The number of hydrogen-bond donors (Lipinski definition) is 1. The van der Waals surface area contributed by atoms with Gasteiger partial charge in [-0.3, -0.25) is 19.7 Å². The van der Waals surface area contributed by atoms with Crippen LogP contribution in [0, 0.1) is 20.8 Å². The molecule has 1 unspecified atom stereocenters. The summed E-state index contributed by atoms with van der Waals surface area (Å²) in [5.74, 6) is 0.313. The molecule has 0 aromatic carbocycles. The van der Waals surface area contributed by atoms with Crippen LogP contribution < -0.4 is 5.32 Å². The van der Waals surface area contributed by atoms with Crippen molar-refractivity contribution in [1.82, 2.24) is 19.8 Å². The van der Waals surface area contributed by atoms with E-state index in [0.717, 1.165) is 30.2 Å². The summed E-state index contributed by atoms with van der Waals surface area (Å²) < 4.78 is 7.06. The van der Waals surface area contributed by atoms with E-state index in [1.165, 1.54) is 0 Å². The quantitative estimate of drug-likeness (QED) is 0.930. The summed E-state index contributed by atoms with van der Waals surface area (Å²) in [5.41, 5.74) is 2.94. The lowest BCUT2D eigenvalue weighted by Gasteiger charge is -2.42. The molecule has 2 aromatic rings. The third kappa shape index (κ3) is 2.76. The summed E-state index contributed by atoms with van der Waals surface area (Å²) in [6.07, 6.45) is 0. The normalized spacial score (nSPS) is 17.3. The zero-order valence-electron chi connectivity index (χ0n) is 13.3. The molecule has 0 spiro atoms. The van der Waals surface area contributed by atoms with Crippen LogP contribution in [0.25, 0.3) is 0 Å². The lowest BCUT2D eigenvalue weighted by Crippen LogP contribution is -2.55. The molecule has 1 amide bonds. The fourth-order valence-corrected chi connectivity index (χ4v) is 2.79. The van der Waals surface area contributed by atoms with Gasteiger partial charge in [-0.05, 0) is 33.8 Å². The molecule has 2 aromatic heterocycles. The molecule has 1 aliphatic rings. The Kier molecular flexibility index (Phi) is 3.74. The van der Waals surface area contributed by atoms with Crippen molar-refractivity contribution >= 4 is 11.8 Å². The first-order valence-corrected chi connectivity index (χ1v) is 7.45. The molecule has 3 rings (SSSR count). The van der Waals surface area contributed by atoms with Crippen LogP contribution in [0.3, 0.4) is 0 Å². The number of nitrogens with zero attached hydrogens (tertiary/aromatic N) is 4. The van der Waals surface area contributed by atoms with Gasteiger partial charge in [-0.15, -0.1) is 0 Å². The van der Waals surface area contributed by atoms with E-state index in [4.69, 9.17) is 4.52 Å². The van der Waals surface area contributed by atoms with Gasteiger partial charge >= 0.3 is 0 Å². The molecule has 118 valence electrons. The smallest absolute Gasteiger partial charge is 0.243 e. The van der Waals surface area contributed by atoms with Crippen LogP contribution in [0.4, 0.5) is 5.88 Å². The van der Waals surface area contributed by atoms with Crippen molar-refractivity contribution in [3.8, 4) is 0 Å². The van der Waals surface area contributed by atoms with Gasteiger partial charge in [0.1, 0.15) is 0 Å². The first-order chi connectivity index (χ1) is 10.4. The summed E-state index contributed by atoms with van der Waals surface area (Å²) in [4.78, 5) is 14.3. The van der Waals surface area contributed by atoms with Crippen LogP contribution >= 0.6 is 0 Å². The molecule has 0 saturated carbocycles. The first-order valence-electron chi connectivity index (χ1n) is 7.45. The Hall–Kier alpha value is -2.15. The average molecular weight is 303 g/mol. The van der Waals surface area contributed by atoms with Crippen molar-refractivity contribution < 1.29 is 9.32 Å². The maximum atomic E-state index is 12.2. The van der Waals surface area contributed by atoms with Gasteiger partial charge in [-0.25, -0.2) is 0 Å². The molecular formula is C15H21N5O2. The van der Waals surface area contributed by atoms with Crippen LogP contribution in [0.2, 0.25) is 0 Å². The second kappa shape index (κ2) is 5.57. The molecule has 1 fully saturated rings. The lowest BCUT2D eigenvalue weighted by molar-refractivity contribution is -0.123. The van der Waals surface area contributed by atoms with Crippen LogP contribution in [-0.4, -0.2) is 44.9 Å². The standard InChI is InChI=1S/C15H21N5O2/c1-9-5-11(3)20(17-9)13-7-19(8-13)12(4)15(21)16-14-6-10(2)18-22-14/h5-6,12-13H,7-8H2,1-4H3,(H,16,21). The number of carbonyl (C=O) groups excluding carboxylic acids is 1. The van der Waals surface area contributed by atoms with E-state index < -0.39 is 0 Å². The molecule has 1 aliphatic heterocycles. The second-order valence-electron chi connectivity index (χ2n) is 5.98. The molecule has 0 radical (unpaired) electrons. The van der Waals surface area contributed by atoms with Gasteiger partial charge in [-0.1, -0.05) is 5.16 Å². The highest BCUT2D eigenvalue weighted by atomic mass is 16.5. The highest BCUT2D eigenvalue weighted by Crippen LogP contribution is 2.25. The van der Waals surface area contributed by atoms with E-state index in [2.05, 4.69) is 38.1 Å². The zero-order valence-corrected chi connectivity index (χ0v) is 13.3. The monoisotopic (exact) mass is 303 g/mol. The fraction of sp³-hybridized carbons (Fsp3) is 0.533. The number of likely N-dealkylation sites (tertiary alicyclic amines) is 1. The fourth-order valence-electron chi connectivity index (χ4n) is 2.79. The van der Waals surface area contributed by atoms with Crippen molar-refractivity contribution in [1.29, 1.82) is 0 Å². The largest absolute Gasteiger partial charge is 0.338 e. The van der Waals surface area contributed by atoms with Crippen molar-refractivity contribution in [2.75, 3.05) is 18.4 Å². The maximum Gasteiger partial charge on any atom is 0.243 e. The Bertz CT molecular complexity index is 684. The molecule has 1 N–H and O–H groups in total. The van der Waals surface area contributed by atoms with Gasteiger partial charge in [0.2, 0.25) is 11.8 Å². The predicted molar refractivity (Wildman–Crippen MR) is 81.6 cm³/mol. The van der Waals surface area contributed by atoms with E-state index in [1.54, 1.807) is 6.07 Å². The van der Waals surface area contributed by atoms with Crippen LogP contribution in [0.15, 0.2) is 16.7 Å². The Morgan fingerprint density at radius 3 is 2.59 bits per heavy atom. The topological polar surface area (TPSA) is 76.2 Å². The number of carbonyl (C=O) groups is 1. The Balaban J connectivity index is 1.55. The summed E-state index contributed by atoms with van der Waals surface area (Å²) >= 11 is 0. The van der Waals surface area contributed by atoms with Gasteiger partial charge in [0.15, 0.2) is 0 Å². The minimum absolute atomic E-state index is 0.0806. The van der Waals surface area contributed by atoms with Crippen molar-refractivity contribution in [3.63, 3.8) is 0 Å². The molecule has 22 heavy (non-hydrogen) atoms. The van der Waals surface area contributed by atoms with E-state index in [1.807, 2.05) is 20.8 Å². The van der Waals surface area contributed by atoms with E-state index in [9.17, 15) is 4.79 Å². The molecule has 1 atom stereocenters. The van der Waals surface area contributed by atoms with E-state index >= 15 is 0 Å². The van der Waals surface area contributed by atoms with Gasteiger partial charge in [0.25, 0.3) is 0 Å². The van der Waals surface area contributed by atoms with Crippen molar-refractivity contribution in [2.45, 2.75) is 39.8 Å². The van der Waals surface area contributed by atoms with E-state index in [-0.39, 0.29) is 11.9 Å². The molecule has 1 saturated heterocycles. The number of hydrogen-bond acceptors (Lipinski definition) is 5. The second-order valence-corrected chi connectivity index (χ2v) is 5.98. The molecule has 7 nitrogen and oxygen atoms in total. The van der Waals surface area contributed by atoms with Crippen LogP contribution in [0.5, 0.6) is 0 Å². The van der Waals surface area contributed by atoms with Crippen LogP contribution in [0.1, 0.15) is 30.0 Å². The minimum Gasteiger partial charge on any atom is -0.338 e. The van der Waals surface area contributed by atoms with Crippen LogP contribution in [-0.2, 0) is 4.79 Å². The summed E-state index contributed by atoms with van der Waals surface area (Å²) in [7, 11) is 0. The molecule has 0 aliphatic carbocycles. The number of aromatic nitrogens is 3. The highest BCUT2D eigenvalue weighted by Gasteiger charge is 2.35. The molecule has 0 bridgehead atoms. The first kappa shape index (κ1) is 14.8. The third-order valence-corrected chi connectivity index (χ3v) is 4.08. The van der Waals surface area contributed by atoms with Gasteiger partial charge in [0, 0.05) is 24.8 Å². The number of rotatable bonds is 4. The van der Waals surface area contributed by atoms with Crippen molar-refractivity contribution in [2.24, 2.45) is 0 Å². The number of nitrogens with one attached hydrogen (secondary N) is 1. The Morgan fingerprint density at radius 2 is 2.05 bits per heavy atom. The number of anilines is 1. The Labute approximate surface area is 129 Å². The highest BCUT2D eigenvalue weighted by molar-refractivity contribution is 5.93. The lowest BCUT2D eigenvalue weighted by atomic mass is 10.1. The van der Waals surface area contributed by atoms with Gasteiger partial charge in [0.05, 0.1) is 23.5 Å². The number of aryl methyl sites for hydroxylation is 3. The maximum absolute atomic E-state index is 12.2. The summed E-state index contributed by atoms with van der Waals surface area (Å²) in [6, 6.07) is 3.92. The average Bonchev–Trinajstić information content (AvgIpc) is 2.94. The SMILES string of the molecule is Cc1cc(NC(=O)C(C)N2CC(n3nc(C)cc3C)C2)on1. The molecular weight excluding hydrogens is 282 g/mol. The minimum atomic E-state index is -0.210. The third-order valence-electron chi connectivity index (χ3n) is 4.08. The Morgan fingerprint density at radius 1 is 1.32 bits per heavy atom.